The maximum absolute atomic E-state index is 12.5. The Kier molecular flexibility index (Phi) is 6.63. The van der Waals surface area contributed by atoms with Crippen LogP contribution in [0.3, 0.4) is 0 Å². The molecule has 1 N–H and O–H groups in total. The summed E-state index contributed by atoms with van der Waals surface area (Å²) < 4.78 is 6.25. The molecular weight excluding hydrogens is 422 g/mol. The van der Waals surface area contributed by atoms with E-state index >= 15 is 0 Å². The molecule has 3 aromatic rings. The molecule has 1 amide bonds. The monoisotopic (exact) mass is 455 g/mol. The Labute approximate surface area is 202 Å². The van der Waals surface area contributed by atoms with Crippen LogP contribution >= 0.6 is 0 Å². The number of aromatic nitrogens is 1. The van der Waals surface area contributed by atoms with Crippen molar-refractivity contribution in [1.29, 1.82) is 0 Å². The number of hydrogen-bond acceptors (Lipinski definition) is 4. The average molecular weight is 456 g/mol. The number of nitrogens with zero attached hydrogens (tertiary/aromatic N) is 2. The number of carbonyl (C=O) groups is 1. The van der Waals surface area contributed by atoms with Crippen LogP contribution in [-0.4, -0.2) is 33.4 Å². The van der Waals surface area contributed by atoms with Gasteiger partial charge in [0.1, 0.15) is 12.4 Å². The van der Waals surface area contributed by atoms with E-state index in [1.807, 2.05) is 24.4 Å². The van der Waals surface area contributed by atoms with Gasteiger partial charge in [0, 0.05) is 48.6 Å². The molecule has 0 aliphatic carbocycles. The maximum Gasteiger partial charge on any atom is 0.220 e. The Bertz CT molecular complexity index is 1100. The van der Waals surface area contributed by atoms with Gasteiger partial charge in [-0.3, -0.25) is 14.7 Å². The first-order valence-corrected chi connectivity index (χ1v) is 12.3. The van der Waals surface area contributed by atoms with Gasteiger partial charge in [-0.15, -0.1) is 0 Å². The van der Waals surface area contributed by atoms with Crippen LogP contribution in [0.25, 0.3) is 0 Å². The van der Waals surface area contributed by atoms with Crippen molar-refractivity contribution in [3.8, 4) is 5.75 Å². The highest BCUT2D eigenvalue weighted by molar-refractivity contribution is 5.77. The van der Waals surface area contributed by atoms with E-state index in [4.69, 9.17) is 4.74 Å². The van der Waals surface area contributed by atoms with E-state index in [1.165, 1.54) is 11.1 Å². The molecule has 2 aliphatic heterocycles. The summed E-state index contributed by atoms with van der Waals surface area (Å²) in [6, 6.07) is 23.7. The molecule has 34 heavy (non-hydrogen) atoms. The first kappa shape index (κ1) is 22.6. The molecule has 5 rings (SSSR count). The van der Waals surface area contributed by atoms with Crippen molar-refractivity contribution >= 4 is 5.91 Å². The minimum Gasteiger partial charge on any atom is -0.489 e. The highest BCUT2D eigenvalue weighted by Crippen LogP contribution is 2.41. The van der Waals surface area contributed by atoms with E-state index in [9.17, 15) is 4.79 Å². The third-order valence-corrected chi connectivity index (χ3v) is 7.33. The van der Waals surface area contributed by atoms with Gasteiger partial charge in [-0.25, -0.2) is 0 Å². The molecule has 3 heterocycles. The third-order valence-electron chi connectivity index (χ3n) is 7.33. The molecule has 2 aromatic carbocycles. The summed E-state index contributed by atoms with van der Waals surface area (Å²) in [5, 5.41) is 3.39. The summed E-state index contributed by atoms with van der Waals surface area (Å²) >= 11 is 0. The minimum atomic E-state index is -0.210. The number of benzene rings is 2. The predicted molar refractivity (Wildman–Crippen MR) is 133 cm³/mol. The van der Waals surface area contributed by atoms with Crippen LogP contribution in [0.5, 0.6) is 5.75 Å². The van der Waals surface area contributed by atoms with E-state index in [1.54, 1.807) is 6.20 Å². The zero-order valence-corrected chi connectivity index (χ0v) is 19.8. The molecule has 0 bridgehead atoms. The topological polar surface area (TPSA) is 54.5 Å². The predicted octanol–water partition coefficient (Wildman–Crippen LogP) is 4.91. The van der Waals surface area contributed by atoms with Gasteiger partial charge in [-0.2, -0.15) is 0 Å². The Hall–Kier alpha value is -3.18. The molecule has 0 saturated carbocycles. The molecule has 1 aromatic heterocycles. The standard InChI is InChI=1S/C29H33N3O2/c1-29-18-25(17-22-9-3-2-4-10-22)32(27(29)14-7-15-28(33)31-29)20-24-12-5-6-13-26(24)34-21-23-11-8-16-30-19-23/h2-6,8-13,16,19,25,27H,7,14-15,17-18,20-21H2,1H3,(H,31,33)/t25-,27+,29+/m1/s1. The fourth-order valence-corrected chi connectivity index (χ4v) is 5.75. The first-order valence-electron chi connectivity index (χ1n) is 12.3. The average Bonchev–Trinajstić information content (AvgIpc) is 2.99. The summed E-state index contributed by atoms with van der Waals surface area (Å²) in [5.41, 5.74) is 3.37. The second kappa shape index (κ2) is 9.98. The third kappa shape index (κ3) is 5.00. The number of ether oxygens (including phenoxy) is 1. The fraction of sp³-hybridized carbons (Fsp3) is 0.379. The highest BCUT2D eigenvalue weighted by atomic mass is 16.5. The first-order chi connectivity index (χ1) is 16.6. The van der Waals surface area contributed by atoms with E-state index in [-0.39, 0.29) is 11.4 Å². The van der Waals surface area contributed by atoms with Gasteiger partial charge in [0.05, 0.1) is 5.54 Å². The van der Waals surface area contributed by atoms with Crippen LogP contribution in [0.4, 0.5) is 0 Å². The SMILES string of the molecule is C[C@]12C[C@@H](Cc3ccccc3)N(Cc3ccccc3OCc3cccnc3)[C@H]1CCCC(=O)N2. The smallest absolute Gasteiger partial charge is 0.220 e. The summed E-state index contributed by atoms with van der Waals surface area (Å²) in [4.78, 5) is 19.3. The lowest BCUT2D eigenvalue weighted by atomic mass is 9.88. The number of para-hydroxylation sites is 1. The molecule has 5 heteroatoms. The van der Waals surface area contributed by atoms with E-state index < -0.39 is 0 Å². The van der Waals surface area contributed by atoms with E-state index in [0.29, 0.717) is 25.1 Å². The molecule has 2 fully saturated rings. The number of fused-ring (bicyclic) bond motifs is 1. The van der Waals surface area contributed by atoms with Crippen molar-refractivity contribution in [2.24, 2.45) is 0 Å². The zero-order valence-electron chi connectivity index (χ0n) is 19.8. The lowest BCUT2D eigenvalue weighted by molar-refractivity contribution is -0.122. The minimum absolute atomic E-state index is 0.186. The van der Waals surface area contributed by atoms with Gasteiger partial charge in [0.15, 0.2) is 0 Å². The Morgan fingerprint density at radius 2 is 1.85 bits per heavy atom. The number of hydrogen-bond donors (Lipinski definition) is 1. The highest BCUT2D eigenvalue weighted by Gasteiger charge is 2.50. The lowest BCUT2D eigenvalue weighted by Gasteiger charge is -2.35. The molecule has 5 nitrogen and oxygen atoms in total. The van der Waals surface area contributed by atoms with Crippen molar-refractivity contribution in [3.05, 3.63) is 95.8 Å². The van der Waals surface area contributed by atoms with Crippen LogP contribution in [0.1, 0.15) is 49.3 Å². The van der Waals surface area contributed by atoms with E-state index in [0.717, 1.165) is 43.5 Å². The van der Waals surface area contributed by atoms with Crippen molar-refractivity contribution in [2.45, 2.75) is 69.8 Å². The van der Waals surface area contributed by atoms with E-state index in [2.05, 4.69) is 70.7 Å². The molecule has 0 radical (unpaired) electrons. The number of pyridine rings is 1. The largest absolute Gasteiger partial charge is 0.489 e. The maximum atomic E-state index is 12.5. The second-order valence-electron chi connectivity index (χ2n) is 9.85. The van der Waals surface area contributed by atoms with Crippen molar-refractivity contribution in [3.63, 3.8) is 0 Å². The number of carbonyl (C=O) groups excluding carboxylic acids is 1. The van der Waals surface area contributed by atoms with Crippen LogP contribution in [0.2, 0.25) is 0 Å². The molecular formula is C29H33N3O2. The summed E-state index contributed by atoms with van der Waals surface area (Å²) in [5.74, 6) is 1.10. The number of nitrogens with one attached hydrogen (secondary N) is 1. The normalized spacial score (nSPS) is 24.8. The Balaban J connectivity index is 1.41. The molecule has 2 aliphatic rings. The summed E-state index contributed by atoms with van der Waals surface area (Å²) in [6.45, 7) is 3.54. The van der Waals surface area contributed by atoms with Crippen molar-refractivity contribution < 1.29 is 9.53 Å². The van der Waals surface area contributed by atoms with Crippen LogP contribution in [0.15, 0.2) is 79.1 Å². The zero-order chi connectivity index (χ0) is 23.4. The van der Waals surface area contributed by atoms with Crippen molar-refractivity contribution in [1.82, 2.24) is 15.2 Å². The number of likely N-dealkylation sites (tertiary alicyclic amines) is 1. The van der Waals surface area contributed by atoms with Crippen LogP contribution in [-0.2, 0) is 24.4 Å². The fourth-order valence-electron chi connectivity index (χ4n) is 5.75. The summed E-state index contributed by atoms with van der Waals surface area (Å²) in [6.07, 6.45) is 8.13. The van der Waals surface area contributed by atoms with Gasteiger partial charge in [0.2, 0.25) is 5.91 Å². The molecule has 0 unspecified atom stereocenters. The van der Waals surface area contributed by atoms with Gasteiger partial charge in [0.25, 0.3) is 0 Å². The van der Waals surface area contributed by atoms with Gasteiger partial charge in [-0.05, 0) is 50.3 Å². The van der Waals surface area contributed by atoms with Gasteiger partial charge < -0.3 is 10.1 Å². The van der Waals surface area contributed by atoms with Crippen molar-refractivity contribution in [2.75, 3.05) is 0 Å². The molecule has 3 atom stereocenters. The van der Waals surface area contributed by atoms with Crippen LogP contribution < -0.4 is 10.1 Å². The van der Waals surface area contributed by atoms with Crippen LogP contribution in [0, 0.1) is 0 Å². The number of amides is 1. The molecule has 176 valence electrons. The van der Waals surface area contributed by atoms with Gasteiger partial charge >= 0.3 is 0 Å². The van der Waals surface area contributed by atoms with Gasteiger partial charge in [-0.1, -0.05) is 54.6 Å². The summed E-state index contributed by atoms with van der Waals surface area (Å²) in [7, 11) is 0. The Morgan fingerprint density at radius 1 is 1.06 bits per heavy atom. The lowest BCUT2D eigenvalue weighted by Crippen LogP contribution is -2.52. The quantitative estimate of drug-likeness (QED) is 0.550. The number of rotatable bonds is 7. The molecule has 0 spiro atoms. The second-order valence-corrected chi connectivity index (χ2v) is 9.85. The molecule has 2 saturated heterocycles. The Morgan fingerprint density at radius 3 is 2.68 bits per heavy atom.